The minimum Gasteiger partial charge on any atom is -0.165 e. The molecule has 0 heterocycles. The minimum atomic E-state index is 0. The van der Waals surface area contributed by atoms with E-state index in [1.54, 1.807) is 0 Å². The fourth-order valence-electron chi connectivity index (χ4n) is 6.37. The molecule has 0 amide bonds. The Morgan fingerprint density at radius 3 is 0.917 bits per heavy atom. The first-order valence-electron chi connectivity index (χ1n) is 16.3. The third-order valence-corrected chi connectivity index (χ3v) is 8.40. The van der Waals surface area contributed by atoms with Gasteiger partial charge in [0, 0.05) is 9.52 Å². The molecule has 8 aromatic carbocycles. The second kappa shape index (κ2) is 16.6. The molecule has 2 heteroatoms. The van der Waals surface area contributed by atoms with Crippen molar-refractivity contribution >= 4 is 31.1 Å². The van der Waals surface area contributed by atoms with Gasteiger partial charge in [-0.05, 0) is 11.1 Å². The molecular formula is C46H40SiZr. The molecule has 232 valence electrons. The summed E-state index contributed by atoms with van der Waals surface area (Å²) in [6, 6.07) is 60.7. The number of fused-ring (bicyclic) bond motifs is 2. The maximum atomic E-state index is 2.30. The van der Waals surface area contributed by atoms with Crippen LogP contribution in [0.25, 0.3) is 66.1 Å². The molecule has 8 aromatic rings. The summed E-state index contributed by atoms with van der Waals surface area (Å²) in [6.07, 6.45) is 0. The molecule has 0 aliphatic heterocycles. The summed E-state index contributed by atoms with van der Waals surface area (Å²) in [4.78, 5) is 0. The molecule has 8 rings (SSSR count). The molecule has 0 saturated carbocycles. The van der Waals surface area contributed by atoms with Crippen LogP contribution in [0.5, 0.6) is 0 Å². The molecular weight excluding hydrogens is 672 g/mol. The standard InChI is InChI=1S/2C22H17.C2H6Si.Zr/c2*1-16-14-21-19(17-8-4-2-5-9-17)12-13-20(22(21)15-16)18-10-6-3-7-11-18;1-3-2;/h2*2-15H,1H3;1-2H3;/q2*-1;;+2. The second-order valence-corrected chi connectivity index (χ2v) is 13.0. The van der Waals surface area contributed by atoms with Crippen molar-refractivity contribution in [2.45, 2.75) is 26.9 Å². The van der Waals surface area contributed by atoms with Crippen LogP contribution in [0.2, 0.25) is 13.1 Å². The van der Waals surface area contributed by atoms with Crippen LogP contribution >= 0.6 is 0 Å². The Hall–Kier alpha value is -4.36. The second-order valence-electron chi connectivity index (χ2n) is 12.0. The number of benzene rings is 6. The van der Waals surface area contributed by atoms with Crippen LogP contribution in [-0.2, 0) is 26.2 Å². The summed E-state index contributed by atoms with van der Waals surface area (Å²) < 4.78 is 0. The van der Waals surface area contributed by atoms with E-state index in [9.17, 15) is 0 Å². The molecule has 0 spiro atoms. The van der Waals surface area contributed by atoms with E-state index in [1.807, 2.05) is 0 Å². The van der Waals surface area contributed by atoms with E-state index in [0.717, 1.165) is 9.52 Å². The smallest absolute Gasteiger partial charge is 0.165 e. The Morgan fingerprint density at radius 2 is 0.625 bits per heavy atom. The zero-order valence-electron chi connectivity index (χ0n) is 28.2. The van der Waals surface area contributed by atoms with Gasteiger partial charge in [-0.15, -0.1) is 44.8 Å². The van der Waals surface area contributed by atoms with E-state index in [0.29, 0.717) is 0 Å². The van der Waals surface area contributed by atoms with Gasteiger partial charge in [-0.3, -0.25) is 0 Å². The topological polar surface area (TPSA) is 0 Å². The fourth-order valence-corrected chi connectivity index (χ4v) is 6.37. The molecule has 0 fully saturated rings. The Labute approximate surface area is 307 Å². The first kappa shape index (κ1) is 35.0. The third kappa shape index (κ3) is 7.84. The molecule has 0 aliphatic carbocycles. The van der Waals surface area contributed by atoms with Gasteiger partial charge < -0.3 is 0 Å². The normalized spacial score (nSPS) is 10.4. The number of rotatable bonds is 4. The quantitative estimate of drug-likeness (QED) is 0.126. The largest absolute Gasteiger partial charge is 2.00 e. The Bertz CT molecular complexity index is 1860. The van der Waals surface area contributed by atoms with Crippen LogP contribution in [0.3, 0.4) is 0 Å². The van der Waals surface area contributed by atoms with Gasteiger partial charge in [0.2, 0.25) is 0 Å². The minimum absolute atomic E-state index is 0. The first-order valence-corrected chi connectivity index (χ1v) is 18.3. The number of aryl methyl sites for hydroxylation is 2. The third-order valence-electron chi connectivity index (χ3n) is 8.40. The van der Waals surface area contributed by atoms with Gasteiger partial charge in [-0.2, -0.15) is 12.1 Å². The summed E-state index contributed by atoms with van der Waals surface area (Å²) in [6.45, 7) is 8.65. The van der Waals surface area contributed by atoms with E-state index in [1.165, 1.54) is 77.2 Å². The molecule has 0 saturated heterocycles. The van der Waals surface area contributed by atoms with Gasteiger partial charge in [0.1, 0.15) is 0 Å². The molecule has 0 bridgehead atoms. The van der Waals surface area contributed by atoms with E-state index in [-0.39, 0.29) is 26.2 Å². The summed E-state index contributed by atoms with van der Waals surface area (Å²) in [5, 5.41) is 5.35. The molecule has 0 unspecified atom stereocenters. The molecule has 0 N–H and O–H groups in total. The van der Waals surface area contributed by atoms with Crippen LogP contribution in [0.4, 0.5) is 0 Å². The molecule has 2 radical (unpaired) electrons. The van der Waals surface area contributed by atoms with E-state index in [4.69, 9.17) is 0 Å². The van der Waals surface area contributed by atoms with Crippen LogP contribution in [-0.4, -0.2) is 9.52 Å². The van der Waals surface area contributed by atoms with Crippen molar-refractivity contribution < 1.29 is 26.2 Å². The van der Waals surface area contributed by atoms with Crippen LogP contribution in [0.15, 0.2) is 170 Å². The summed E-state index contributed by atoms with van der Waals surface area (Å²) >= 11 is 0. The molecule has 0 nitrogen and oxygen atoms in total. The van der Waals surface area contributed by atoms with Crippen molar-refractivity contribution in [1.82, 2.24) is 0 Å². The summed E-state index contributed by atoms with van der Waals surface area (Å²) in [5.41, 5.74) is 13.0. The predicted molar refractivity (Wildman–Crippen MR) is 208 cm³/mol. The van der Waals surface area contributed by atoms with Crippen LogP contribution in [0, 0.1) is 13.8 Å². The van der Waals surface area contributed by atoms with Crippen molar-refractivity contribution in [2.75, 3.05) is 0 Å². The average molecular weight is 712 g/mol. The maximum absolute atomic E-state index is 2.30. The van der Waals surface area contributed by atoms with Gasteiger partial charge in [0.25, 0.3) is 0 Å². The van der Waals surface area contributed by atoms with Crippen molar-refractivity contribution in [3.63, 3.8) is 0 Å². The van der Waals surface area contributed by atoms with Crippen molar-refractivity contribution in [3.05, 3.63) is 181 Å². The predicted octanol–water partition coefficient (Wildman–Crippen LogP) is 13.2. The van der Waals surface area contributed by atoms with E-state index < -0.39 is 0 Å². The molecule has 0 aromatic heterocycles. The van der Waals surface area contributed by atoms with Crippen LogP contribution < -0.4 is 0 Å². The van der Waals surface area contributed by atoms with Crippen molar-refractivity contribution in [3.8, 4) is 44.5 Å². The van der Waals surface area contributed by atoms with Gasteiger partial charge in [0.05, 0.1) is 0 Å². The van der Waals surface area contributed by atoms with Crippen molar-refractivity contribution in [2.24, 2.45) is 0 Å². The zero-order chi connectivity index (χ0) is 32.6. The van der Waals surface area contributed by atoms with E-state index in [2.05, 4.69) is 197 Å². The Kier molecular flexibility index (Phi) is 12.1. The maximum Gasteiger partial charge on any atom is 2.00 e. The van der Waals surface area contributed by atoms with Gasteiger partial charge in [-0.1, -0.05) is 206 Å². The summed E-state index contributed by atoms with van der Waals surface area (Å²) in [5.74, 6) is 0. The van der Waals surface area contributed by atoms with Gasteiger partial charge in [-0.25, -0.2) is 0 Å². The Morgan fingerprint density at radius 1 is 0.375 bits per heavy atom. The average Bonchev–Trinajstić information content (AvgIpc) is 3.71. The Balaban J connectivity index is 0.000000171. The number of hydrogen-bond acceptors (Lipinski definition) is 0. The van der Waals surface area contributed by atoms with E-state index >= 15 is 0 Å². The van der Waals surface area contributed by atoms with Gasteiger partial charge in [0.15, 0.2) is 0 Å². The fraction of sp³-hybridized carbons (Fsp3) is 0.0870. The SMILES string of the molecule is C[Si]C.Cc1cc2c(-c3ccccc3)ccc(-c3ccccc3)c2[cH-]1.Cc1cc2c(-c3ccccc3)ccc(-c3ccccc3)c2[cH-]1.[Zr+2]. The number of hydrogen-bond donors (Lipinski definition) is 0. The monoisotopic (exact) mass is 710 g/mol. The molecule has 0 aliphatic rings. The van der Waals surface area contributed by atoms with Crippen molar-refractivity contribution in [1.29, 1.82) is 0 Å². The molecule has 0 atom stereocenters. The molecule has 48 heavy (non-hydrogen) atoms. The van der Waals surface area contributed by atoms with Gasteiger partial charge >= 0.3 is 26.2 Å². The van der Waals surface area contributed by atoms with Crippen LogP contribution in [0.1, 0.15) is 11.1 Å². The summed E-state index contributed by atoms with van der Waals surface area (Å²) in [7, 11) is 1.08. The first-order chi connectivity index (χ1) is 23.1. The zero-order valence-corrected chi connectivity index (χ0v) is 31.6.